The largest absolute Gasteiger partial charge is 0.198 e. The van der Waals surface area contributed by atoms with Crippen LogP contribution >= 0.6 is 0 Å². The summed E-state index contributed by atoms with van der Waals surface area (Å²) >= 11 is 0. The standard InChI is InChI=1S/C6H8N2.C5H6N2/c1-6(2,5-8)3-4-7;1-5(4-7)2-3-6/h3H2,1-2H3;5H,2H2,1H3. The van der Waals surface area contributed by atoms with Crippen LogP contribution in [0.1, 0.15) is 33.6 Å². The van der Waals surface area contributed by atoms with Gasteiger partial charge in [-0.25, -0.2) is 0 Å². The summed E-state index contributed by atoms with van der Waals surface area (Å²) in [5.74, 6) is -0.106. The Morgan fingerprint density at radius 2 is 1.60 bits per heavy atom. The molecule has 0 aliphatic rings. The lowest BCUT2D eigenvalue weighted by atomic mass is 9.93. The Morgan fingerprint density at radius 3 is 1.73 bits per heavy atom. The molecular weight excluding hydrogens is 188 g/mol. The lowest BCUT2D eigenvalue weighted by Gasteiger charge is -2.06. The third-order valence-corrected chi connectivity index (χ3v) is 1.44. The minimum Gasteiger partial charge on any atom is -0.198 e. The van der Waals surface area contributed by atoms with Crippen LogP contribution in [0.25, 0.3) is 0 Å². The molecule has 0 radical (unpaired) electrons. The smallest absolute Gasteiger partial charge is 0.0694 e. The van der Waals surface area contributed by atoms with Gasteiger partial charge in [-0.3, -0.25) is 0 Å². The van der Waals surface area contributed by atoms with Crippen LogP contribution < -0.4 is 0 Å². The summed E-state index contributed by atoms with van der Waals surface area (Å²) in [6, 6.07) is 7.80. The molecule has 0 aromatic heterocycles. The van der Waals surface area contributed by atoms with Gasteiger partial charge in [0.05, 0.1) is 48.5 Å². The van der Waals surface area contributed by atoms with E-state index < -0.39 is 5.41 Å². The molecule has 0 rings (SSSR count). The summed E-state index contributed by atoms with van der Waals surface area (Å²) < 4.78 is 0. The average molecular weight is 202 g/mol. The summed E-state index contributed by atoms with van der Waals surface area (Å²) in [6.07, 6.45) is 0.653. The first kappa shape index (κ1) is 15.4. The molecule has 0 aliphatic heterocycles. The normalized spacial score (nSPS) is 10.3. The van der Waals surface area contributed by atoms with Crippen LogP contribution in [0.3, 0.4) is 0 Å². The zero-order valence-electron chi connectivity index (χ0n) is 9.28. The second-order valence-electron chi connectivity index (χ2n) is 3.72. The number of rotatable bonds is 2. The van der Waals surface area contributed by atoms with Gasteiger partial charge in [-0.05, 0) is 20.8 Å². The van der Waals surface area contributed by atoms with Crippen LogP contribution in [0.15, 0.2) is 0 Å². The van der Waals surface area contributed by atoms with Crippen molar-refractivity contribution in [3.63, 3.8) is 0 Å². The first-order valence-corrected chi connectivity index (χ1v) is 4.48. The minimum absolute atomic E-state index is 0.106. The van der Waals surface area contributed by atoms with E-state index in [4.69, 9.17) is 21.0 Å². The van der Waals surface area contributed by atoms with Crippen molar-refractivity contribution in [2.45, 2.75) is 33.6 Å². The summed E-state index contributed by atoms with van der Waals surface area (Å²) in [5, 5.41) is 32.5. The second kappa shape index (κ2) is 8.55. The summed E-state index contributed by atoms with van der Waals surface area (Å²) in [5.41, 5.74) is -0.464. The summed E-state index contributed by atoms with van der Waals surface area (Å²) in [4.78, 5) is 0. The number of hydrogen-bond acceptors (Lipinski definition) is 4. The van der Waals surface area contributed by atoms with Gasteiger partial charge in [0, 0.05) is 0 Å². The Hall–Kier alpha value is -2.04. The molecule has 0 aliphatic carbocycles. The predicted molar refractivity (Wildman–Crippen MR) is 54.6 cm³/mol. The highest BCUT2D eigenvalue weighted by molar-refractivity contribution is 4.97. The minimum atomic E-state index is -0.464. The Balaban J connectivity index is 0. The molecule has 0 fully saturated rings. The van der Waals surface area contributed by atoms with Crippen molar-refractivity contribution in [1.82, 2.24) is 0 Å². The van der Waals surface area contributed by atoms with Crippen molar-refractivity contribution >= 4 is 0 Å². The van der Waals surface area contributed by atoms with E-state index in [2.05, 4.69) is 0 Å². The van der Waals surface area contributed by atoms with E-state index in [0.717, 1.165) is 0 Å². The van der Waals surface area contributed by atoms with Crippen molar-refractivity contribution in [3.8, 4) is 24.3 Å². The van der Waals surface area contributed by atoms with Gasteiger partial charge in [-0.1, -0.05) is 0 Å². The number of nitriles is 4. The highest BCUT2D eigenvalue weighted by Crippen LogP contribution is 2.16. The Kier molecular flexibility index (Phi) is 8.80. The zero-order chi connectivity index (χ0) is 12.3. The molecule has 1 unspecified atom stereocenters. The van der Waals surface area contributed by atoms with E-state index in [9.17, 15) is 0 Å². The molecule has 0 saturated carbocycles. The van der Waals surface area contributed by atoms with Crippen LogP contribution in [-0.4, -0.2) is 0 Å². The van der Waals surface area contributed by atoms with Gasteiger partial charge in [-0.2, -0.15) is 21.0 Å². The highest BCUT2D eigenvalue weighted by atomic mass is 14.3. The van der Waals surface area contributed by atoms with E-state index in [1.54, 1.807) is 20.8 Å². The predicted octanol–water partition coefficient (Wildman–Crippen LogP) is 2.51. The average Bonchev–Trinajstić information content (AvgIpc) is 2.19. The fraction of sp³-hybridized carbons (Fsp3) is 0.636. The van der Waals surface area contributed by atoms with Crippen LogP contribution in [0.4, 0.5) is 0 Å². The van der Waals surface area contributed by atoms with Crippen molar-refractivity contribution in [3.05, 3.63) is 0 Å². The number of nitrogens with zero attached hydrogens (tertiary/aromatic N) is 4. The molecule has 78 valence electrons. The van der Waals surface area contributed by atoms with Crippen molar-refractivity contribution in [2.75, 3.05) is 0 Å². The molecule has 0 aromatic rings. The fourth-order valence-electron chi connectivity index (χ4n) is 0.420. The Bertz CT molecular complexity index is 330. The van der Waals surface area contributed by atoms with Crippen molar-refractivity contribution < 1.29 is 0 Å². The first-order chi connectivity index (χ1) is 6.93. The lowest BCUT2D eigenvalue weighted by molar-refractivity contribution is 0.511. The lowest BCUT2D eigenvalue weighted by Crippen LogP contribution is -2.04. The van der Waals surface area contributed by atoms with Gasteiger partial charge in [0.25, 0.3) is 0 Å². The Morgan fingerprint density at radius 1 is 1.07 bits per heavy atom. The molecule has 0 N–H and O–H groups in total. The maximum atomic E-state index is 8.32. The third kappa shape index (κ3) is 12.0. The molecule has 1 atom stereocenters. The van der Waals surface area contributed by atoms with Gasteiger partial charge in [0.2, 0.25) is 0 Å². The molecule has 4 heteroatoms. The number of hydrogen-bond donors (Lipinski definition) is 0. The van der Waals surface area contributed by atoms with E-state index >= 15 is 0 Å². The summed E-state index contributed by atoms with van der Waals surface area (Å²) in [6.45, 7) is 5.22. The molecule has 0 heterocycles. The molecule has 15 heavy (non-hydrogen) atoms. The molecule has 0 spiro atoms. The quantitative estimate of drug-likeness (QED) is 0.687. The van der Waals surface area contributed by atoms with Gasteiger partial charge in [0.15, 0.2) is 0 Å². The highest BCUT2D eigenvalue weighted by Gasteiger charge is 2.14. The fourth-order valence-corrected chi connectivity index (χ4v) is 0.420. The van der Waals surface area contributed by atoms with E-state index in [1.165, 1.54) is 0 Å². The summed E-state index contributed by atoms with van der Waals surface area (Å²) in [7, 11) is 0. The van der Waals surface area contributed by atoms with Gasteiger partial charge in [0.1, 0.15) is 0 Å². The molecule has 0 bridgehead atoms. The van der Waals surface area contributed by atoms with Gasteiger partial charge < -0.3 is 0 Å². The van der Waals surface area contributed by atoms with Gasteiger partial charge in [-0.15, -0.1) is 0 Å². The van der Waals surface area contributed by atoms with E-state index in [0.29, 0.717) is 12.8 Å². The van der Waals surface area contributed by atoms with Gasteiger partial charge >= 0.3 is 0 Å². The van der Waals surface area contributed by atoms with E-state index in [-0.39, 0.29) is 5.92 Å². The van der Waals surface area contributed by atoms with Crippen molar-refractivity contribution in [1.29, 1.82) is 21.0 Å². The first-order valence-electron chi connectivity index (χ1n) is 4.48. The van der Waals surface area contributed by atoms with E-state index in [1.807, 2.05) is 24.3 Å². The topological polar surface area (TPSA) is 95.2 Å². The van der Waals surface area contributed by atoms with Crippen molar-refractivity contribution in [2.24, 2.45) is 11.3 Å². The maximum Gasteiger partial charge on any atom is 0.0694 e. The SMILES string of the molecule is CC(C#N)CC#N.CC(C)(C#N)CC#N. The Labute approximate surface area is 91.0 Å². The molecule has 4 nitrogen and oxygen atoms in total. The van der Waals surface area contributed by atoms with Crippen LogP contribution in [0, 0.1) is 56.7 Å². The molecular formula is C11H14N4. The maximum absolute atomic E-state index is 8.32. The molecule has 0 saturated heterocycles. The van der Waals surface area contributed by atoms with Crippen LogP contribution in [0.5, 0.6) is 0 Å². The van der Waals surface area contributed by atoms with Crippen LogP contribution in [0.2, 0.25) is 0 Å². The zero-order valence-corrected chi connectivity index (χ0v) is 9.28. The second-order valence-corrected chi connectivity index (χ2v) is 3.72. The molecule has 0 aromatic carbocycles. The van der Waals surface area contributed by atoms with Crippen LogP contribution in [-0.2, 0) is 0 Å². The monoisotopic (exact) mass is 202 g/mol. The third-order valence-electron chi connectivity index (χ3n) is 1.44. The molecule has 0 amide bonds.